The fraction of sp³-hybridized carbons (Fsp3) is 1.00. The summed E-state index contributed by atoms with van der Waals surface area (Å²) in [7, 11) is 2.31. The molecule has 1 heterocycles. The first-order chi connectivity index (χ1) is 9.29. The molecule has 2 heteroatoms. The molecule has 0 spiro atoms. The van der Waals surface area contributed by atoms with Gasteiger partial charge in [0.2, 0.25) is 0 Å². The lowest BCUT2D eigenvalue weighted by molar-refractivity contribution is 0.172. The van der Waals surface area contributed by atoms with E-state index in [0.29, 0.717) is 0 Å². The van der Waals surface area contributed by atoms with Gasteiger partial charge in [0.1, 0.15) is 0 Å². The van der Waals surface area contributed by atoms with Gasteiger partial charge >= 0.3 is 0 Å². The van der Waals surface area contributed by atoms with Crippen LogP contribution in [0.15, 0.2) is 0 Å². The van der Waals surface area contributed by atoms with Crippen molar-refractivity contribution >= 4 is 0 Å². The van der Waals surface area contributed by atoms with Gasteiger partial charge in [0.15, 0.2) is 0 Å². The van der Waals surface area contributed by atoms with Crippen molar-refractivity contribution in [1.82, 2.24) is 10.2 Å². The zero-order valence-corrected chi connectivity index (χ0v) is 13.2. The van der Waals surface area contributed by atoms with Crippen molar-refractivity contribution in [2.75, 3.05) is 20.1 Å². The highest BCUT2D eigenvalue weighted by Gasteiger charge is 2.21. The third kappa shape index (κ3) is 5.07. The van der Waals surface area contributed by atoms with E-state index in [4.69, 9.17) is 0 Å². The first-order valence-corrected chi connectivity index (χ1v) is 8.73. The van der Waals surface area contributed by atoms with Crippen LogP contribution in [0.25, 0.3) is 0 Å². The summed E-state index contributed by atoms with van der Waals surface area (Å²) in [6.07, 6.45) is 14.2. The van der Waals surface area contributed by atoms with E-state index >= 15 is 0 Å². The summed E-state index contributed by atoms with van der Waals surface area (Å²) in [4.78, 5) is 2.57. The van der Waals surface area contributed by atoms with Crippen LogP contribution >= 0.6 is 0 Å². The molecule has 1 saturated heterocycles. The Morgan fingerprint density at radius 3 is 2.47 bits per heavy atom. The first kappa shape index (κ1) is 15.3. The Hall–Kier alpha value is -0.0800. The zero-order chi connectivity index (χ0) is 13.5. The lowest BCUT2D eigenvalue weighted by Gasteiger charge is -2.34. The highest BCUT2D eigenvalue weighted by molar-refractivity contribution is 4.79. The molecule has 1 saturated carbocycles. The van der Waals surface area contributed by atoms with Gasteiger partial charge in [0.25, 0.3) is 0 Å². The quantitative estimate of drug-likeness (QED) is 0.786. The van der Waals surface area contributed by atoms with Crippen molar-refractivity contribution in [1.29, 1.82) is 0 Å². The fourth-order valence-electron chi connectivity index (χ4n) is 4.03. The molecule has 0 amide bonds. The Kier molecular flexibility index (Phi) is 6.66. The van der Waals surface area contributed by atoms with Crippen molar-refractivity contribution in [3.05, 3.63) is 0 Å². The predicted molar refractivity (Wildman–Crippen MR) is 83.5 cm³/mol. The van der Waals surface area contributed by atoms with E-state index in [2.05, 4.69) is 24.2 Å². The molecule has 0 aromatic heterocycles. The summed E-state index contributed by atoms with van der Waals surface area (Å²) >= 11 is 0. The van der Waals surface area contributed by atoms with Gasteiger partial charge in [-0.2, -0.15) is 0 Å². The molecule has 0 radical (unpaired) electrons. The molecule has 0 aromatic rings. The molecule has 2 rings (SSSR count). The molecule has 1 N–H and O–H groups in total. The largest absolute Gasteiger partial charge is 0.314 e. The SMILES string of the molecule is CCCC1CCC(NCCC2CCCCN2C)CC1. The predicted octanol–water partition coefficient (Wildman–Crippen LogP) is 3.81. The maximum Gasteiger partial charge on any atom is 0.0104 e. The summed E-state index contributed by atoms with van der Waals surface area (Å²) < 4.78 is 0. The van der Waals surface area contributed by atoms with Crippen molar-refractivity contribution in [2.45, 2.75) is 83.2 Å². The summed E-state index contributed by atoms with van der Waals surface area (Å²) in [6.45, 7) is 4.87. The molecule has 0 aromatic carbocycles. The maximum absolute atomic E-state index is 3.83. The molecule has 1 unspecified atom stereocenters. The topological polar surface area (TPSA) is 15.3 Å². The molecule has 0 bridgehead atoms. The van der Waals surface area contributed by atoms with E-state index in [9.17, 15) is 0 Å². The lowest BCUT2D eigenvalue weighted by atomic mass is 9.83. The molecule has 2 nitrogen and oxygen atoms in total. The Balaban J connectivity index is 1.56. The monoisotopic (exact) mass is 266 g/mol. The normalized spacial score (nSPS) is 33.5. The minimum absolute atomic E-state index is 0.821. The molecular formula is C17H34N2. The third-order valence-electron chi connectivity index (χ3n) is 5.38. The van der Waals surface area contributed by atoms with Gasteiger partial charge in [0.05, 0.1) is 0 Å². The average molecular weight is 266 g/mol. The minimum atomic E-state index is 0.821. The number of piperidine rings is 1. The van der Waals surface area contributed by atoms with E-state index in [1.165, 1.54) is 77.3 Å². The van der Waals surface area contributed by atoms with Gasteiger partial charge in [-0.15, -0.1) is 0 Å². The van der Waals surface area contributed by atoms with Crippen LogP contribution in [0.1, 0.15) is 71.1 Å². The second kappa shape index (κ2) is 8.26. The zero-order valence-electron chi connectivity index (χ0n) is 13.2. The summed E-state index contributed by atoms with van der Waals surface area (Å²) in [5, 5.41) is 3.83. The molecule has 1 aliphatic heterocycles. The Morgan fingerprint density at radius 1 is 1.00 bits per heavy atom. The van der Waals surface area contributed by atoms with Crippen LogP contribution in [-0.4, -0.2) is 37.1 Å². The van der Waals surface area contributed by atoms with E-state index in [1.807, 2.05) is 0 Å². The molecule has 1 atom stereocenters. The summed E-state index contributed by atoms with van der Waals surface area (Å²) in [6, 6.07) is 1.67. The Bertz CT molecular complexity index is 233. The number of hydrogen-bond donors (Lipinski definition) is 1. The van der Waals surface area contributed by atoms with Crippen LogP contribution < -0.4 is 5.32 Å². The number of likely N-dealkylation sites (tertiary alicyclic amines) is 1. The molecular weight excluding hydrogens is 232 g/mol. The first-order valence-electron chi connectivity index (χ1n) is 8.73. The second-order valence-electron chi connectivity index (χ2n) is 6.88. The Labute approximate surface area is 120 Å². The number of rotatable bonds is 6. The van der Waals surface area contributed by atoms with Crippen LogP contribution in [0, 0.1) is 5.92 Å². The maximum atomic E-state index is 3.83. The van der Waals surface area contributed by atoms with Gasteiger partial charge in [-0.05, 0) is 71.0 Å². The fourth-order valence-corrected chi connectivity index (χ4v) is 4.03. The van der Waals surface area contributed by atoms with E-state index in [-0.39, 0.29) is 0 Å². The van der Waals surface area contributed by atoms with Gasteiger partial charge in [-0.1, -0.05) is 26.2 Å². The van der Waals surface area contributed by atoms with Gasteiger partial charge in [0, 0.05) is 12.1 Å². The van der Waals surface area contributed by atoms with Crippen LogP contribution in [0.5, 0.6) is 0 Å². The van der Waals surface area contributed by atoms with Gasteiger partial charge in [-0.25, -0.2) is 0 Å². The van der Waals surface area contributed by atoms with Crippen molar-refractivity contribution in [3.8, 4) is 0 Å². The number of hydrogen-bond acceptors (Lipinski definition) is 2. The molecule has 2 aliphatic rings. The van der Waals surface area contributed by atoms with Crippen LogP contribution in [-0.2, 0) is 0 Å². The van der Waals surface area contributed by atoms with Crippen molar-refractivity contribution in [3.63, 3.8) is 0 Å². The number of nitrogens with zero attached hydrogens (tertiary/aromatic N) is 1. The summed E-state index contributed by atoms with van der Waals surface area (Å²) in [5.74, 6) is 1.03. The van der Waals surface area contributed by atoms with E-state index in [1.54, 1.807) is 0 Å². The molecule has 1 aliphatic carbocycles. The molecule has 112 valence electrons. The lowest BCUT2D eigenvalue weighted by Crippen LogP contribution is -2.40. The van der Waals surface area contributed by atoms with Crippen LogP contribution in [0.2, 0.25) is 0 Å². The van der Waals surface area contributed by atoms with E-state index in [0.717, 1.165) is 18.0 Å². The average Bonchev–Trinajstić information content (AvgIpc) is 2.43. The van der Waals surface area contributed by atoms with Crippen molar-refractivity contribution < 1.29 is 0 Å². The van der Waals surface area contributed by atoms with Crippen LogP contribution in [0.3, 0.4) is 0 Å². The summed E-state index contributed by atoms with van der Waals surface area (Å²) in [5.41, 5.74) is 0. The second-order valence-corrected chi connectivity index (χ2v) is 6.88. The van der Waals surface area contributed by atoms with E-state index < -0.39 is 0 Å². The molecule has 2 fully saturated rings. The van der Waals surface area contributed by atoms with Gasteiger partial charge < -0.3 is 10.2 Å². The Morgan fingerprint density at radius 2 is 1.79 bits per heavy atom. The highest BCUT2D eigenvalue weighted by atomic mass is 15.1. The minimum Gasteiger partial charge on any atom is -0.314 e. The highest BCUT2D eigenvalue weighted by Crippen LogP contribution is 2.27. The standard InChI is InChI=1S/C17H34N2/c1-3-6-15-8-10-16(11-9-15)18-13-12-17-7-4-5-14-19(17)2/h15-18H,3-14H2,1-2H3. The molecule has 19 heavy (non-hydrogen) atoms. The van der Waals surface area contributed by atoms with Crippen molar-refractivity contribution in [2.24, 2.45) is 5.92 Å². The smallest absolute Gasteiger partial charge is 0.0104 e. The van der Waals surface area contributed by atoms with Crippen LogP contribution in [0.4, 0.5) is 0 Å². The van der Waals surface area contributed by atoms with Gasteiger partial charge in [-0.3, -0.25) is 0 Å². The third-order valence-corrected chi connectivity index (χ3v) is 5.38. The number of nitrogens with one attached hydrogen (secondary N) is 1.